The van der Waals surface area contributed by atoms with Crippen LogP contribution in [-0.4, -0.2) is 5.84 Å². The summed E-state index contributed by atoms with van der Waals surface area (Å²) in [4.78, 5) is 6.18. The molecule has 0 amide bonds. The number of hydrogen-bond acceptors (Lipinski definition) is 3. The van der Waals surface area contributed by atoms with Gasteiger partial charge in [0, 0.05) is 0 Å². The fourth-order valence-electron chi connectivity index (χ4n) is 1.41. The Labute approximate surface area is 105 Å². The summed E-state index contributed by atoms with van der Waals surface area (Å²) in [6.45, 7) is 2.49. The largest absolute Gasteiger partial charge is 0.389 e. The van der Waals surface area contributed by atoms with Gasteiger partial charge in [-0.25, -0.2) is 0 Å². The third-order valence-corrected chi connectivity index (χ3v) is 3.31. The van der Waals surface area contributed by atoms with E-state index in [0.717, 1.165) is 10.4 Å². The Morgan fingerprint density at radius 3 is 2.82 bits per heavy atom. The van der Waals surface area contributed by atoms with Crippen LogP contribution in [0.15, 0.2) is 46.9 Å². The Kier molecular flexibility index (Phi) is 3.77. The Hall–Kier alpha value is -1.81. The second kappa shape index (κ2) is 5.50. The first-order valence-electron chi connectivity index (χ1n) is 5.31. The number of hydrogen-bond donors (Lipinski definition) is 1. The van der Waals surface area contributed by atoms with Crippen molar-refractivity contribution in [3.63, 3.8) is 0 Å². The highest BCUT2D eigenvalue weighted by Crippen LogP contribution is 2.10. The normalized spacial score (nSPS) is 11.5. The van der Waals surface area contributed by atoms with Gasteiger partial charge < -0.3 is 10.6 Å². The van der Waals surface area contributed by atoms with Gasteiger partial charge in [0.1, 0.15) is 6.61 Å². The predicted molar refractivity (Wildman–Crippen MR) is 71.0 cm³/mol. The number of benzene rings is 1. The fraction of sp³-hybridized carbons (Fsp3) is 0.154. The molecular weight excluding hydrogens is 232 g/mol. The maximum atomic E-state index is 5.78. The topological polar surface area (TPSA) is 47.6 Å². The van der Waals surface area contributed by atoms with Crippen molar-refractivity contribution in [2.75, 3.05) is 0 Å². The molecule has 88 valence electrons. The van der Waals surface area contributed by atoms with Crippen molar-refractivity contribution in [2.24, 2.45) is 10.9 Å². The number of nitrogens with two attached hydrogens (primary N) is 1. The van der Waals surface area contributed by atoms with Crippen molar-refractivity contribution in [3.8, 4) is 0 Å². The molecule has 4 heteroatoms. The van der Waals surface area contributed by atoms with E-state index in [9.17, 15) is 0 Å². The van der Waals surface area contributed by atoms with Crippen molar-refractivity contribution in [1.29, 1.82) is 0 Å². The Balaban J connectivity index is 1.96. The summed E-state index contributed by atoms with van der Waals surface area (Å²) < 4.78 is 0. The summed E-state index contributed by atoms with van der Waals surface area (Å²) in [5.74, 6) is 0.425. The first-order chi connectivity index (χ1) is 8.27. The molecule has 0 spiro atoms. The average Bonchev–Trinajstić information content (AvgIpc) is 2.85. The minimum Gasteiger partial charge on any atom is -0.389 e. The number of rotatable bonds is 4. The molecule has 0 aliphatic rings. The monoisotopic (exact) mass is 246 g/mol. The van der Waals surface area contributed by atoms with Gasteiger partial charge in [-0.2, -0.15) is 0 Å². The van der Waals surface area contributed by atoms with Crippen molar-refractivity contribution in [2.45, 2.75) is 13.5 Å². The van der Waals surface area contributed by atoms with E-state index in [4.69, 9.17) is 10.6 Å². The van der Waals surface area contributed by atoms with E-state index < -0.39 is 0 Å². The van der Waals surface area contributed by atoms with Gasteiger partial charge in [-0.15, -0.1) is 11.3 Å². The van der Waals surface area contributed by atoms with Crippen LogP contribution in [0, 0.1) is 6.92 Å². The van der Waals surface area contributed by atoms with Gasteiger partial charge in [0.25, 0.3) is 0 Å². The van der Waals surface area contributed by atoms with E-state index in [0.29, 0.717) is 12.4 Å². The maximum absolute atomic E-state index is 5.78. The summed E-state index contributed by atoms with van der Waals surface area (Å²) in [7, 11) is 0. The number of oxime groups is 1. The van der Waals surface area contributed by atoms with Crippen molar-refractivity contribution in [3.05, 3.63) is 57.8 Å². The molecule has 0 unspecified atom stereocenters. The van der Waals surface area contributed by atoms with Crippen LogP contribution in [0.3, 0.4) is 0 Å². The minimum absolute atomic E-state index is 0.425. The Morgan fingerprint density at radius 2 is 2.12 bits per heavy atom. The number of nitrogens with zero attached hydrogens (tertiary/aromatic N) is 1. The van der Waals surface area contributed by atoms with E-state index in [1.54, 1.807) is 11.3 Å². The molecule has 0 radical (unpaired) electrons. The van der Waals surface area contributed by atoms with Gasteiger partial charge in [0.15, 0.2) is 5.84 Å². The lowest BCUT2D eigenvalue weighted by atomic mass is 10.1. The molecule has 0 saturated heterocycles. The summed E-state index contributed by atoms with van der Waals surface area (Å²) in [5.41, 5.74) is 8.09. The molecule has 0 fully saturated rings. The van der Waals surface area contributed by atoms with Crippen molar-refractivity contribution in [1.82, 2.24) is 0 Å². The Bertz CT molecular complexity index is 506. The molecule has 3 nitrogen and oxygen atoms in total. The fourth-order valence-corrected chi connectivity index (χ4v) is 2.03. The summed E-state index contributed by atoms with van der Waals surface area (Å²) >= 11 is 1.54. The molecule has 0 saturated carbocycles. The molecule has 0 bridgehead atoms. The van der Waals surface area contributed by atoms with Gasteiger partial charge in [0.05, 0.1) is 4.88 Å². The van der Waals surface area contributed by atoms with Crippen LogP contribution < -0.4 is 5.73 Å². The second-order valence-corrected chi connectivity index (χ2v) is 4.60. The molecule has 1 aromatic carbocycles. The third kappa shape index (κ3) is 3.07. The highest BCUT2D eigenvalue weighted by molar-refractivity contribution is 7.12. The summed E-state index contributed by atoms with van der Waals surface area (Å²) in [6.07, 6.45) is 0. The van der Waals surface area contributed by atoms with Crippen molar-refractivity contribution >= 4 is 17.2 Å². The van der Waals surface area contributed by atoms with Gasteiger partial charge in [-0.05, 0) is 29.5 Å². The van der Waals surface area contributed by atoms with E-state index in [2.05, 4.69) is 5.16 Å². The molecule has 0 aliphatic carbocycles. The molecule has 1 heterocycles. The predicted octanol–water partition coefficient (Wildman–Crippen LogP) is 2.89. The molecule has 0 atom stereocenters. The first-order valence-corrected chi connectivity index (χ1v) is 6.19. The van der Waals surface area contributed by atoms with E-state index in [-0.39, 0.29) is 0 Å². The van der Waals surface area contributed by atoms with Gasteiger partial charge in [-0.1, -0.05) is 35.5 Å². The molecule has 2 N–H and O–H groups in total. The van der Waals surface area contributed by atoms with Crippen LogP contribution in [0.5, 0.6) is 0 Å². The minimum atomic E-state index is 0.425. The zero-order valence-electron chi connectivity index (χ0n) is 9.59. The quantitative estimate of drug-likeness (QED) is 0.512. The van der Waals surface area contributed by atoms with Gasteiger partial charge in [0.2, 0.25) is 0 Å². The van der Waals surface area contributed by atoms with Gasteiger partial charge in [-0.3, -0.25) is 0 Å². The first kappa shape index (κ1) is 11.7. The van der Waals surface area contributed by atoms with Crippen LogP contribution in [0.25, 0.3) is 0 Å². The zero-order valence-corrected chi connectivity index (χ0v) is 10.4. The number of amidine groups is 1. The lowest BCUT2D eigenvalue weighted by Gasteiger charge is -2.04. The van der Waals surface area contributed by atoms with E-state index in [1.165, 1.54) is 5.56 Å². The summed E-state index contributed by atoms with van der Waals surface area (Å²) in [6, 6.07) is 11.9. The number of thiophene rings is 1. The van der Waals surface area contributed by atoms with Crippen LogP contribution in [-0.2, 0) is 11.4 Å². The molecule has 1 aromatic heterocycles. The van der Waals surface area contributed by atoms with E-state index >= 15 is 0 Å². The van der Waals surface area contributed by atoms with Gasteiger partial charge >= 0.3 is 0 Å². The highest BCUT2D eigenvalue weighted by atomic mass is 32.1. The highest BCUT2D eigenvalue weighted by Gasteiger charge is 2.00. The molecular formula is C13H14N2OS. The Morgan fingerprint density at radius 1 is 1.29 bits per heavy atom. The zero-order chi connectivity index (χ0) is 12.1. The number of aryl methyl sites for hydroxylation is 1. The second-order valence-electron chi connectivity index (χ2n) is 3.65. The lowest BCUT2D eigenvalue weighted by Crippen LogP contribution is -2.12. The average molecular weight is 246 g/mol. The van der Waals surface area contributed by atoms with Crippen LogP contribution in [0.2, 0.25) is 0 Å². The standard InChI is InChI=1S/C13H14N2OS/c1-10-5-2-3-6-11(10)9-16-15-13(14)12-7-4-8-17-12/h2-8H,9H2,1H3,(H2,14,15). The SMILES string of the molecule is Cc1ccccc1CO/N=C(\N)c1cccs1. The molecule has 17 heavy (non-hydrogen) atoms. The smallest absolute Gasteiger partial charge is 0.180 e. The molecule has 0 aliphatic heterocycles. The third-order valence-electron chi connectivity index (χ3n) is 2.42. The lowest BCUT2D eigenvalue weighted by molar-refractivity contribution is 0.130. The van der Waals surface area contributed by atoms with Crippen LogP contribution >= 0.6 is 11.3 Å². The van der Waals surface area contributed by atoms with E-state index in [1.807, 2.05) is 48.7 Å². The molecule has 2 rings (SSSR count). The van der Waals surface area contributed by atoms with Crippen LogP contribution in [0.1, 0.15) is 16.0 Å². The summed E-state index contributed by atoms with van der Waals surface area (Å²) in [5, 5.41) is 5.87. The molecule has 2 aromatic rings. The van der Waals surface area contributed by atoms with Crippen LogP contribution in [0.4, 0.5) is 0 Å². The maximum Gasteiger partial charge on any atom is 0.180 e. The van der Waals surface area contributed by atoms with Crippen molar-refractivity contribution < 1.29 is 4.84 Å².